The van der Waals surface area contributed by atoms with Gasteiger partial charge in [0.25, 0.3) is 0 Å². The smallest absolute Gasteiger partial charge is 0.308 e. The summed E-state index contributed by atoms with van der Waals surface area (Å²) < 4.78 is 0. The minimum absolute atomic E-state index is 0.130. The summed E-state index contributed by atoms with van der Waals surface area (Å²) in [5, 5.41) is 14.6. The molecule has 0 radical (unpaired) electrons. The zero-order chi connectivity index (χ0) is 20.0. The number of nitrogens with zero attached hydrogens (tertiary/aromatic N) is 1. The van der Waals surface area contributed by atoms with Gasteiger partial charge in [-0.15, -0.1) is 4.91 Å². The first-order valence-electron chi connectivity index (χ1n) is 8.79. The Morgan fingerprint density at radius 2 is 1.96 bits per heavy atom. The first kappa shape index (κ1) is 24.1. The average Bonchev–Trinajstić information content (AvgIpc) is 2.58. The summed E-state index contributed by atoms with van der Waals surface area (Å²) in [4.78, 5) is 34.4. The Kier molecular flexibility index (Phi) is 12.4. The first-order valence-corrected chi connectivity index (χ1v) is 9.42. The van der Waals surface area contributed by atoms with Crippen LogP contribution in [0.2, 0.25) is 0 Å². The van der Waals surface area contributed by atoms with E-state index in [-0.39, 0.29) is 12.2 Å². The van der Waals surface area contributed by atoms with E-state index in [4.69, 9.17) is 0 Å². The van der Waals surface area contributed by atoms with Gasteiger partial charge in [0.2, 0.25) is 5.91 Å². The van der Waals surface area contributed by atoms with E-state index in [0.29, 0.717) is 6.42 Å². The van der Waals surface area contributed by atoms with E-state index in [2.05, 4.69) is 23.1 Å². The number of amides is 2. The van der Waals surface area contributed by atoms with Gasteiger partial charge in [-0.3, -0.25) is 9.59 Å². The van der Waals surface area contributed by atoms with Crippen LogP contribution in [0.4, 0.5) is 0 Å². The first-order chi connectivity index (χ1) is 12.3. The van der Waals surface area contributed by atoms with Gasteiger partial charge in [-0.05, 0) is 61.5 Å². The van der Waals surface area contributed by atoms with Crippen LogP contribution >= 0.6 is 12.6 Å². The molecule has 2 N–H and O–H groups in total. The molecule has 0 aromatic carbocycles. The van der Waals surface area contributed by atoms with Gasteiger partial charge in [0.1, 0.15) is 11.8 Å². The van der Waals surface area contributed by atoms with E-state index in [9.17, 15) is 19.6 Å². The van der Waals surface area contributed by atoms with Crippen molar-refractivity contribution < 1.29 is 14.7 Å². The van der Waals surface area contributed by atoms with Gasteiger partial charge in [-0.25, -0.2) is 0 Å². The average molecular weight is 383 g/mol. The van der Waals surface area contributed by atoms with E-state index < -0.39 is 23.3 Å². The van der Waals surface area contributed by atoms with E-state index >= 15 is 0 Å². The number of carbonyl (C=O) groups excluding carboxylic acids is 2. The molecular formula is C19H30N2O4S. The van der Waals surface area contributed by atoms with Gasteiger partial charge in [0.15, 0.2) is 0 Å². The summed E-state index contributed by atoms with van der Waals surface area (Å²) in [6.45, 7) is 5.58. The summed E-state index contributed by atoms with van der Waals surface area (Å²) in [5.41, 5.74) is -0.538. The SMILES string of the molecule is CC/C=C(O)\C=C/C(C)(C)CC(NC(=O)/C=C/CCCCS)C(=O)N=O. The number of rotatable bonds is 12. The summed E-state index contributed by atoms with van der Waals surface area (Å²) in [5.74, 6) is -0.430. The van der Waals surface area contributed by atoms with Crippen molar-refractivity contribution in [3.8, 4) is 0 Å². The number of nitrogens with one attached hydrogen (secondary N) is 1. The molecule has 0 aliphatic carbocycles. The second kappa shape index (κ2) is 13.3. The third kappa shape index (κ3) is 11.6. The van der Waals surface area contributed by atoms with Gasteiger partial charge in [0, 0.05) is 5.18 Å². The van der Waals surface area contributed by atoms with Crippen molar-refractivity contribution in [3.63, 3.8) is 0 Å². The fourth-order valence-corrected chi connectivity index (χ4v) is 2.45. The van der Waals surface area contributed by atoms with Crippen LogP contribution in [0.15, 0.2) is 41.3 Å². The van der Waals surface area contributed by atoms with Crippen LogP contribution in [0.3, 0.4) is 0 Å². The lowest BCUT2D eigenvalue weighted by Gasteiger charge is -2.25. The number of unbranched alkanes of at least 4 members (excludes halogenated alkanes) is 2. The molecule has 0 spiro atoms. The molecule has 0 aromatic rings. The highest BCUT2D eigenvalue weighted by molar-refractivity contribution is 7.80. The van der Waals surface area contributed by atoms with Gasteiger partial charge in [0.05, 0.1) is 0 Å². The predicted molar refractivity (Wildman–Crippen MR) is 108 cm³/mol. The van der Waals surface area contributed by atoms with Crippen LogP contribution in [0.1, 0.15) is 52.9 Å². The third-order valence-corrected chi connectivity index (χ3v) is 3.92. The van der Waals surface area contributed by atoms with Crippen molar-refractivity contribution >= 4 is 24.4 Å². The van der Waals surface area contributed by atoms with Crippen molar-refractivity contribution in [1.82, 2.24) is 5.32 Å². The van der Waals surface area contributed by atoms with E-state index in [1.54, 1.807) is 24.3 Å². The Bertz CT molecular complexity index is 554. The highest BCUT2D eigenvalue weighted by Gasteiger charge is 2.28. The van der Waals surface area contributed by atoms with Crippen LogP contribution in [0, 0.1) is 10.3 Å². The number of allylic oxidation sites excluding steroid dienone is 4. The van der Waals surface area contributed by atoms with Gasteiger partial charge in [-0.2, -0.15) is 12.6 Å². The topological polar surface area (TPSA) is 95.8 Å². The molecule has 0 aromatic heterocycles. The van der Waals surface area contributed by atoms with Crippen molar-refractivity contribution in [1.29, 1.82) is 0 Å². The van der Waals surface area contributed by atoms with E-state index in [0.717, 1.165) is 25.0 Å². The fraction of sp³-hybridized carbons (Fsp3) is 0.579. The maximum absolute atomic E-state index is 12.0. The lowest BCUT2D eigenvalue weighted by Crippen LogP contribution is -2.41. The Hall–Kier alpha value is -1.89. The highest BCUT2D eigenvalue weighted by atomic mass is 32.1. The summed E-state index contributed by atoms with van der Waals surface area (Å²) in [7, 11) is 0. The molecule has 0 heterocycles. The zero-order valence-electron chi connectivity index (χ0n) is 15.8. The minimum Gasteiger partial charge on any atom is -0.508 e. The van der Waals surface area contributed by atoms with Crippen LogP contribution < -0.4 is 5.32 Å². The predicted octanol–water partition coefficient (Wildman–Crippen LogP) is 4.24. The quantitative estimate of drug-likeness (QED) is 0.117. The van der Waals surface area contributed by atoms with Gasteiger partial charge in [-0.1, -0.05) is 32.9 Å². The largest absolute Gasteiger partial charge is 0.508 e. The molecule has 26 heavy (non-hydrogen) atoms. The van der Waals surface area contributed by atoms with Crippen molar-refractivity contribution in [3.05, 3.63) is 41.0 Å². The van der Waals surface area contributed by atoms with Crippen molar-refractivity contribution in [2.24, 2.45) is 10.6 Å². The second-order valence-corrected chi connectivity index (χ2v) is 7.12. The standard InChI is InChI=1S/C19H30N2O4S/c1-4-9-15(22)11-12-19(2,3)14-16(18(24)21-25)20-17(23)10-7-5-6-8-13-26/h7,9-12,16,22,26H,4-6,8,13-14H2,1-3H3,(H,20,23)/b10-7+,12-11-,15-9+. The molecule has 1 unspecified atom stereocenters. The Balaban J connectivity index is 4.89. The monoisotopic (exact) mass is 382 g/mol. The molecular weight excluding hydrogens is 352 g/mol. The fourth-order valence-electron chi connectivity index (χ4n) is 2.23. The van der Waals surface area contributed by atoms with Crippen molar-refractivity contribution in [2.75, 3.05) is 5.75 Å². The summed E-state index contributed by atoms with van der Waals surface area (Å²) in [6.07, 6.45) is 11.6. The molecule has 6 nitrogen and oxygen atoms in total. The zero-order valence-corrected chi connectivity index (χ0v) is 16.7. The van der Waals surface area contributed by atoms with E-state index in [1.807, 2.05) is 20.8 Å². The molecule has 0 rings (SSSR count). The summed E-state index contributed by atoms with van der Waals surface area (Å²) in [6, 6.07) is -1.01. The number of aliphatic hydroxyl groups is 1. The molecule has 2 amide bonds. The molecule has 0 aliphatic rings. The number of carbonyl (C=O) groups is 2. The van der Waals surface area contributed by atoms with Crippen LogP contribution in [0.5, 0.6) is 0 Å². The lowest BCUT2D eigenvalue weighted by molar-refractivity contribution is -0.125. The maximum atomic E-state index is 12.0. The van der Waals surface area contributed by atoms with E-state index in [1.165, 1.54) is 6.08 Å². The molecule has 146 valence electrons. The van der Waals surface area contributed by atoms with Crippen LogP contribution in [-0.2, 0) is 9.59 Å². The maximum Gasteiger partial charge on any atom is 0.308 e. The number of hydrogen-bond donors (Lipinski definition) is 3. The van der Waals surface area contributed by atoms with Crippen molar-refractivity contribution in [2.45, 2.75) is 58.9 Å². The third-order valence-electron chi connectivity index (χ3n) is 3.60. The second-order valence-electron chi connectivity index (χ2n) is 6.68. The highest BCUT2D eigenvalue weighted by Crippen LogP contribution is 2.25. The van der Waals surface area contributed by atoms with Crippen LogP contribution in [-0.4, -0.2) is 28.7 Å². The molecule has 0 saturated carbocycles. The number of hydrogen-bond acceptors (Lipinski definition) is 5. The molecule has 1 atom stereocenters. The Labute approximate surface area is 161 Å². The number of thiol groups is 1. The summed E-state index contributed by atoms with van der Waals surface area (Å²) >= 11 is 4.12. The molecule has 0 fully saturated rings. The lowest BCUT2D eigenvalue weighted by atomic mass is 9.85. The normalized spacial score (nSPS) is 13.9. The molecule has 0 bridgehead atoms. The molecule has 7 heteroatoms. The van der Waals surface area contributed by atoms with Crippen LogP contribution in [0.25, 0.3) is 0 Å². The Morgan fingerprint density at radius 3 is 2.54 bits per heavy atom. The minimum atomic E-state index is -1.01. The Morgan fingerprint density at radius 1 is 1.27 bits per heavy atom. The number of aliphatic hydroxyl groups excluding tert-OH is 1. The van der Waals surface area contributed by atoms with Gasteiger partial charge >= 0.3 is 5.91 Å². The van der Waals surface area contributed by atoms with Gasteiger partial charge < -0.3 is 10.4 Å². The number of nitroso groups, excluding NO2 is 1. The molecule has 0 saturated heterocycles. The molecule has 0 aliphatic heterocycles.